The summed E-state index contributed by atoms with van der Waals surface area (Å²) in [5.41, 5.74) is 0.947. The zero-order chi connectivity index (χ0) is 12.0. The molecule has 1 N–H and O–H groups in total. The number of nitrogens with one attached hydrogen (secondary N) is 1. The Morgan fingerprint density at radius 3 is 2.94 bits per heavy atom. The number of rotatable bonds is 6. The highest BCUT2D eigenvalue weighted by Gasteiger charge is 2.10. The van der Waals surface area contributed by atoms with Crippen molar-refractivity contribution in [3.8, 4) is 0 Å². The normalized spacial score (nSPS) is 10.1. The Balaban J connectivity index is 2.18. The molecule has 0 radical (unpaired) electrons. The van der Waals surface area contributed by atoms with Crippen molar-refractivity contribution in [1.82, 2.24) is 15.5 Å². The first-order valence-electron chi connectivity index (χ1n) is 4.59. The Labute approximate surface area is 102 Å². The largest absolute Gasteiger partial charge is 0.375 e. The molecule has 1 amide bonds. The van der Waals surface area contributed by atoms with Crippen LogP contribution in [0.15, 0.2) is 12.2 Å². The molecule has 1 rings (SSSR count). The molecule has 1 aromatic heterocycles. The van der Waals surface area contributed by atoms with Gasteiger partial charge < -0.3 is 10.1 Å². The minimum atomic E-state index is -0.289. The Bertz CT molecular complexity index is 381. The second kappa shape index (κ2) is 6.57. The summed E-state index contributed by atoms with van der Waals surface area (Å²) < 4.78 is 5.47. The van der Waals surface area contributed by atoms with Gasteiger partial charge in [0.05, 0.1) is 13.2 Å². The maximum absolute atomic E-state index is 11.4. The third-order valence-corrected chi connectivity index (χ3v) is 2.49. The van der Waals surface area contributed by atoms with Gasteiger partial charge >= 0.3 is 0 Å². The van der Waals surface area contributed by atoms with Crippen LogP contribution in [-0.4, -0.2) is 35.9 Å². The van der Waals surface area contributed by atoms with Gasteiger partial charge in [0.15, 0.2) is 0 Å². The number of hydrogen-bond acceptors (Lipinski definition) is 5. The van der Waals surface area contributed by atoms with Gasteiger partial charge in [-0.25, -0.2) is 0 Å². The van der Waals surface area contributed by atoms with Gasteiger partial charge in [-0.15, -0.1) is 10.2 Å². The third kappa shape index (κ3) is 4.69. The van der Waals surface area contributed by atoms with Gasteiger partial charge in [0.1, 0.15) is 0 Å². The lowest BCUT2D eigenvalue weighted by Crippen LogP contribution is -2.27. The molecule has 88 valence electrons. The highest BCUT2D eigenvalue weighted by atomic mass is 35.5. The van der Waals surface area contributed by atoms with Gasteiger partial charge in [0, 0.05) is 6.54 Å². The van der Waals surface area contributed by atoms with Gasteiger partial charge in [-0.05, 0) is 18.5 Å². The Hall–Kier alpha value is -0.980. The molecule has 0 bridgehead atoms. The molecule has 0 aliphatic heterocycles. The van der Waals surface area contributed by atoms with Crippen LogP contribution in [0.1, 0.15) is 16.7 Å². The highest BCUT2D eigenvalue weighted by molar-refractivity contribution is 7.17. The number of aromatic nitrogens is 2. The summed E-state index contributed by atoms with van der Waals surface area (Å²) in [5, 5.41) is 10.0. The van der Waals surface area contributed by atoms with Crippen LogP contribution < -0.4 is 5.32 Å². The highest BCUT2D eigenvalue weighted by Crippen LogP contribution is 2.14. The van der Waals surface area contributed by atoms with Crippen molar-refractivity contribution in [1.29, 1.82) is 0 Å². The number of amides is 1. The molecule has 7 heteroatoms. The fraction of sp³-hybridized carbons (Fsp3) is 0.444. The minimum Gasteiger partial charge on any atom is -0.375 e. The molecule has 16 heavy (non-hydrogen) atoms. The first kappa shape index (κ1) is 13.1. The molecule has 0 saturated carbocycles. The van der Waals surface area contributed by atoms with E-state index in [1.807, 2.05) is 6.92 Å². The monoisotopic (exact) mass is 261 g/mol. The Kier molecular flexibility index (Phi) is 5.37. The van der Waals surface area contributed by atoms with Crippen LogP contribution in [0.4, 0.5) is 0 Å². The van der Waals surface area contributed by atoms with Crippen molar-refractivity contribution in [2.24, 2.45) is 0 Å². The van der Waals surface area contributed by atoms with Gasteiger partial charge in [0.25, 0.3) is 5.91 Å². The van der Waals surface area contributed by atoms with E-state index in [1.165, 1.54) is 0 Å². The van der Waals surface area contributed by atoms with Crippen LogP contribution >= 0.6 is 22.9 Å². The summed E-state index contributed by atoms with van der Waals surface area (Å²) >= 11 is 6.59. The van der Waals surface area contributed by atoms with E-state index in [4.69, 9.17) is 16.3 Å². The SMILES string of the molecule is C=C(C)COCCNC(=O)c1nnc(Cl)s1. The number of carbonyl (C=O) groups is 1. The van der Waals surface area contributed by atoms with Gasteiger partial charge in [-0.1, -0.05) is 23.5 Å². The zero-order valence-electron chi connectivity index (χ0n) is 8.83. The zero-order valence-corrected chi connectivity index (χ0v) is 10.4. The lowest BCUT2D eigenvalue weighted by atomic mass is 10.4. The van der Waals surface area contributed by atoms with E-state index in [0.717, 1.165) is 16.9 Å². The lowest BCUT2D eigenvalue weighted by molar-refractivity contribution is 0.0925. The van der Waals surface area contributed by atoms with Crippen molar-refractivity contribution in [3.63, 3.8) is 0 Å². The minimum absolute atomic E-state index is 0.253. The maximum atomic E-state index is 11.4. The first-order valence-corrected chi connectivity index (χ1v) is 5.78. The third-order valence-electron chi connectivity index (χ3n) is 1.48. The fourth-order valence-electron chi connectivity index (χ4n) is 0.856. The predicted molar refractivity (Wildman–Crippen MR) is 62.9 cm³/mol. The molecular formula is C9H12ClN3O2S. The molecule has 0 atom stereocenters. The molecule has 1 aromatic rings. The number of nitrogens with zero attached hydrogens (tertiary/aromatic N) is 2. The molecule has 0 fully saturated rings. The quantitative estimate of drug-likeness (QED) is 0.623. The van der Waals surface area contributed by atoms with Gasteiger partial charge in [-0.3, -0.25) is 4.79 Å². The topological polar surface area (TPSA) is 64.1 Å². The van der Waals surface area contributed by atoms with Crippen molar-refractivity contribution in [3.05, 3.63) is 21.6 Å². The predicted octanol–water partition coefficient (Wildman–Crippen LogP) is 1.51. The second-order valence-corrected chi connectivity index (χ2v) is 4.69. The van der Waals surface area contributed by atoms with E-state index in [9.17, 15) is 4.79 Å². The maximum Gasteiger partial charge on any atom is 0.282 e. The van der Waals surface area contributed by atoms with E-state index in [1.54, 1.807) is 0 Å². The molecule has 5 nitrogen and oxygen atoms in total. The molecule has 0 spiro atoms. The summed E-state index contributed by atoms with van der Waals surface area (Å²) in [5.74, 6) is -0.289. The second-order valence-electron chi connectivity index (χ2n) is 3.13. The first-order chi connectivity index (χ1) is 7.59. The van der Waals surface area contributed by atoms with Crippen LogP contribution in [0.25, 0.3) is 0 Å². The fourth-order valence-corrected chi connectivity index (χ4v) is 1.60. The van der Waals surface area contributed by atoms with E-state index in [0.29, 0.717) is 19.8 Å². The van der Waals surface area contributed by atoms with Crippen LogP contribution in [-0.2, 0) is 4.74 Å². The molecule has 0 saturated heterocycles. The molecule has 0 aromatic carbocycles. The summed E-state index contributed by atoms with van der Waals surface area (Å²) in [4.78, 5) is 11.4. The summed E-state index contributed by atoms with van der Waals surface area (Å²) in [7, 11) is 0. The molecular weight excluding hydrogens is 250 g/mol. The summed E-state index contributed by atoms with van der Waals surface area (Å²) in [6.07, 6.45) is 0. The Morgan fingerprint density at radius 2 is 2.38 bits per heavy atom. The molecule has 0 aliphatic carbocycles. The van der Waals surface area contributed by atoms with Gasteiger partial charge in [0.2, 0.25) is 9.47 Å². The summed E-state index contributed by atoms with van der Waals surface area (Å²) in [6, 6.07) is 0. The smallest absolute Gasteiger partial charge is 0.282 e. The van der Waals surface area contributed by atoms with Crippen molar-refractivity contribution >= 4 is 28.8 Å². The van der Waals surface area contributed by atoms with Crippen LogP contribution in [0.5, 0.6) is 0 Å². The standard InChI is InChI=1S/C9H12ClN3O2S/c1-6(2)5-15-4-3-11-7(14)8-12-13-9(10)16-8/h1,3-5H2,2H3,(H,11,14). The van der Waals surface area contributed by atoms with Crippen molar-refractivity contribution < 1.29 is 9.53 Å². The van der Waals surface area contributed by atoms with Crippen LogP contribution in [0.2, 0.25) is 4.47 Å². The number of ether oxygens (including phenoxy) is 1. The number of halogens is 1. The lowest BCUT2D eigenvalue weighted by Gasteiger charge is -2.04. The van der Waals surface area contributed by atoms with E-state index < -0.39 is 0 Å². The van der Waals surface area contributed by atoms with Crippen LogP contribution in [0.3, 0.4) is 0 Å². The molecule has 0 unspecified atom stereocenters. The van der Waals surface area contributed by atoms with Crippen LogP contribution in [0, 0.1) is 0 Å². The Morgan fingerprint density at radius 1 is 1.62 bits per heavy atom. The van der Waals surface area contributed by atoms with E-state index in [2.05, 4.69) is 22.1 Å². The molecule has 0 aliphatic rings. The van der Waals surface area contributed by atoms with E-state index >= 15 is 0 Å². The number of hydrogen-bond donors (Lipinski definition) is 1. The number of carbonyl (C=O) groups excluding carboxylic acids is 1. The average Bonchev–Trinajstić information content (AvgIpc) is 2.63. The summed E-state index contributed by atoms with van der Waals surface area (Å²) in [6.45, 7) is 6.93. The van der Waals surface area contributed by atoms with E-state index in [-0.39, 0.29) is 15.4 Å². The van der Waals surface area contributed by atoms with Gasteiger partial charge in [-0.2, -0.15) is 0 Å². The molecule has 1 heterocycles. The average molecular weight is 262 g/mol. The van der Waals surface area contributed by atoms with Crippen molar-refractivity contribution in [2.75, 3.05) is 19.8 Å². The van der Waals surface area contributed by atoms with Crippen molar-refractivity contribution in [2.45, 2.75) is 6.92 Å².